The topological polar surface area (TPSA) is 93.1 Å². The minimum Gasteiger partial charge on any atom is -0.326 e. The fraction of sp³-hybridized carbons (Fsp3) is 0.304. The molecule has 4 rings (SSSR count). The minimum absolute atomic E-state index is 0.0358. The van der Waals surface area contributed by atoms with Crippen molar-refractivity contribution in [2.75, 3.05) is 4.90 Å². The average molecular weight is 437 g/mol. The summed E-state index contributed by atoms with van der Waals surface area (Å²) in [5.41, 5.74) is 2.64. The third-order valence-corrected chi connectivity index (χ3v) is 7.74. The van der Waals surface area contributed by atoms with Crippen LogP contribution in [0.2, 0.25) is 0 Å². The van der Waals surface area contributed by atoms with E-state index >= 15 is 0 Å². The molecule has 0 N–H and O–H groups in total. The number of pyridine rings is 1. The SMILES string of the molecule is Cc1ncc(-c2ccc3c(c2)N(c2cncc(S(=O)(=O)C(C)C)c2)C(C)(C)C3=O)cn1. The molecule has 3 heterocycles. The van der Waals surface area contributed by atoms with Gasteiger partial charge in [-0.1, -0.05) is 6.07 Å². The van der Waals surface area contributed by atoms with Gasteiger partial charge in [0, 0.05) is 29.7 Å². The number of ketones is 1. The number of fused-ring (bicyclic) bond motifs is 1. The van der Waals surface area contributed by atoms with Gasteiger partial charge in [0.2, 0.25) is 0 Å². The van der Waals surface area contributed by atoms with Crippen molar-refractivity contribution in [1.82, 2.24) is 15.0 Å². The molecule has 0 bridgehead atoms. The number of Topliss-reactive ketones (excluding diaryl/α,β-unsaturated/α-hetero) is 1. The molecule has 0 unspecified atom stereocenters. The van der Waals surface area contributed by atoms with E-state index in [-0.39, 0.29) is 10.7 Å². The van der Waals surface area contributed by atoms with Gasteiger partial charge in [0.05, 0.1) is 27.7 Å². The van der Waals surface area contributed by atoms with Crippen LogP contribution in [0, 0.1) is 6.92 Å². The number of aryl methyl sites for hydroxylation is 1. The number of carbonyl (C=O) groups excluding carboxylic acids is 1. The van der Waals surface area contributed by atoms with Crippen LogP contribution in [0.1, 0.15) is 43.9 Å². The Morgan fingerprint density at radius 3 is 2.29 bits per heavy atom. The Kier molecular flexibility index (Phi) is 4.93. The van der Waals surface area contributed by atoms with E-state index in [1.807, 2.05) is 37.8 Å². The Balaban J connectivity index is 1.88. The molecular formula is C23H24N4O3S. The third kappa shape index (κ3) is 3.40. The lowest BCUT2D eigenvalue weighted by atomic mass is 9.96. The number of benzene rings is 1. The average Bonchev–Trinajstić information content (AvgIpc) is 2.93. The first-order valence-corrected chi connectivity index (χ1v) is 11.5. The highest BCUT2D eigenvalue weighted by atomic mass is 32.2. The molecule has 2 aromatic heterocycles. The van der Waals surface area contributed by atoms with Crippen molar-refractivity contribution in [2.45, 2.75) is 50.3 Å². The zero-order valence-electron chi connectivity index (χ0n) is 18.1. The number of aromatic nitrogens is 3. The summed E-state index contributed by atoms with van der Waals surface area (Å²) in [6, 6.07) is 7.19. The molecule has 0 saturated carbocycles. The van der Waals surface area contributed by atoms with Crippen LogP contribution >= 0.6 is 0 Å². The maximum absolute atomic E-state index is 13.2. The van der Waals surface area contributed by atoms with Crippen LogP contribution in [-0.2, 0) is 9.84 Å². The van der Waals surface area contributed by atoms with Gasteiger partial charge in [-0.05, 0) is 58.4 Å². The van der Waals surface area contributed by atoms with Gasteiger partial charge in [-0.25, -0.2) is 18.4 Å². The van der Waals surface area contributed by atoms with E-state index in [1.54, 1.807) is 44.6 Å². The number of anilines is 2. The predicted octanol–water partition coefficient (Wildman–Crippen LogP) is 4.14. The van der Waals surface area contributed by atoms with Crippen LogP contribution in [-0.4, -0.2) is 39.9 Å². The highest BCUT2D eigenvalue weighted by Crippen LogP contribution is 2.45. The summed E-state index contributed by atoms with van der Waals surface area (Å²) in [5.74, 6) is 0.642. The Morgan fingerprint density at radius 2 is 1.65 bits per heavy atom. The monoisotopic (exact) mass is 436 g/mol. The molecule has 0 radical (unpaired) electrons. The van der Waals surface area contributed by atoms with Crippen LogP contribution in [0.5, 0.6) is 0 Å². The van der Waals surface area contributed by atoms with E-state index in [1.165, 1.54) is 6.20 Å². The molecule has 160 valence electrons. The van der Waals surface area contributed by atoms with Crippen LogP contribution in [0.15, 0.2) is 53.9 Å². The lowest BCUT2D eigenvalue weighted by molar-refractivity contribution is 0.0929. The number of rotatable bonds is 4. The molecule has 31 heavy (non-hydrogen) atoms. The van der Waals surface area contributed by atoms with Crippen molar-refractivity contribution >= 4 is 27.0 Å². The molecule has 7 nitrogen and oxygen atoms in total. The summed E-state index contributed by atoms with van der Waals surface area (Å²) in [7, 11) is -3.50. The van der Waals surface area contributed by atoms with Crippen LogP contribution in [0.3, 0.4) is 0 Å². The van der Waals surface area contributed by atoms with Gasteiger partial charge in [0.25, 0.3) is 0 Å². The Bertz CT molecular complexity index is 1280. The fourth-order valence-electron chi connectivity index (χ4n) is 3.78. The fourth-order valence-corrected chi connectivity index (χ4v) is 4.82. The Morgan fingerprint density at radius 1 is 0.968 bits per heavy atom. The molecule has 3 aromatic rings. The van der Waals surface area contributed by atoms with E-state index in [0.717, 1.165) is 11.1 Å². The summed E-state index contributed by atoms with van der Waals surface area (Å²) < 4.78 is 25.4. The number of sulfone groups is 1. The first kappa shape index (κ1) is 21.1. The lowest BCUT2D eigenvalue weighted by Crippen LogP contribution is -2.42. The van der Waals surface area contributed by atoms with Crippen molar-refractivity contribution in [3.05, 3.63) is 60.4 Å². The molecule has 0 aliphatic carbocycles. The van der Waals surface area contributed by atoms with Crippen molar-refractivity contribution in [3.8, 4) is 11.1 Å². The molecular weight excluding hydrogens is 412 g/mol. The van der Waals surface area contributed by atoms with Gasteiger partial charge in [-0.3, -0.25) is 9.78 Å². The zero-order valence-corrected chi connectivity index (χ0v) is 18.9. The van der Waals surface area contributed by atoms with Crippen LogP contribution < -0.4 is 4.90 Å². The summed E-state index contributed by atoms with van der Waals surface area (Å²) in [4.78, 5) is 27.9. The van der Waals surface area contributed by atoms with Gasteiger partial charge >= 0.3 is 0 Å². The second kappa shape index (κ2) is 7.23. The van der Waals surface area contributed by atoms with Gasteiger partial charge < -0.3 is 4.90 Å². The van der Waals surface area contributed by atoms with E-state index in [4.69, 9.17) is 0 Å². The van der Waals surface area contributed by atoms with Crippen molar-refractivity contribution in [3.63, 3.8) is 0 Å². The van der Waals surface area contributed by atoms with Gasteiger partial charge in [0.1, 0.15) is 11.4 Å². The van der Waals surface area contributed by atoms with E-state index in [9.17, 15) is 13.2 Å². The largest absolute Gasteiger partial charge is 0.326 e. The van der Waals surface area contributed by atoms with E-state index in [0.29, 0.717) is 22.8 Å². The van der Waals surface area contributed by atoms with Crippen LogP contribution in [0.25, 0.3) is 11.1 Å². The summed E-state index contributed by atoms with van der Waals surface area (Å²) in [6.45, 7) is 8.74. The van der Waals surface area contributed by atoms with Crippen LogP contribution in [0.4, 0.5) is 11.4 Å². The molecule has 0 atom stereocenters. The zero-order chi connectivity index (χ0) is 22.6. The third-order valence-electron chi connectivity index (χ3n) is 5.62. The first-order chi connectivity index (χ1) is 14.5. The summed E-state index contributed by atoms with van der Waals surface area (Å²) in [6.07, 6.45) is 6.43. The summed E-state index contributed by atoms with van der Waals surface area (Å²) >= 11 is 0. The molecule has 1 aliphatic heterocycles. The van der Waals surface area contributed by atoms with Gasteiger partial charge in [0.15, 0.2) is 15.6 Å². The number of nitrogens with zero attached hydrogens (tertiary/aromatic N) is 4. The second-order valence-electron chi connectivity index (χ2n) is 8.45. The van der Waals surface area contributed by atoms with E-state index < -0.39 is 20.6 Å². The van der Waals surface area contributed by atoms with Crippen molar-refractivity contribution in [1.29, 1.82) is 0 Å². The quantitative estimate of drug-likeness (QED) is 0.607. The molecule has 1 aliphatic rings. The number of carbonyl (C=O) groups is 1. The molecule has 0 spiro atoms. The number of hydrogen-bond acceptors (Lipinski definition) is 7. The molecule has 0 amide bonds. The van der Waals surface area contributed by atoms with Gasteiger partial charge in [-0.2, -0.15) is 0 Å². The molecule has 1 aromatic carbocycles. The van der Waals surface area contributed by atoms with Crippen molar-refractivity contribution < 1.29 is 13.2 Å². The maximum Gasteiger partial charge on any atom is 0.190 e. The van der Waals surface area contributed by atoms with Crippen molar-refractivity contribution in [2.24, 2.45) is 0 Å². The lowest BCUT2D eigenvalue weighted by Gasteiger charge is -2.32. The van der Waals surface area contributed by atoms with Gasteiger partial charge in [-0.15, -0.1) is 0 Å². The molecule has 8 heteroatoms. The Labute approximate surface area is 182 Å². The predicted molar refractivity (Wildman–Crippen MR) is 119 cm³/mol. The molecule has 0 fully saturated rings. The normalized spacial score (nSPS) is 15.4. The standard InChI is InChI=1S/C23H24N4O3S/c1-14(2)31(29,30)19-9-18(12-24-13-19)27-21-8-16(17-10-25-15(3)26-11-17)6-7-20(21)22(28)23(27,4)5/h6-14H,1-5H3. The minimum atomic E-state index is -3.50. The highest BCUT2D eigenvalue weighted by molar-refractivity contribution is 7.92. The maximum atomic E-state index is 13.2. The Hall–Kier alpha value is -3.13. The highest BCUT2D eigenvalue weighted by Gasteiger charge is 2.45. The smallest absolute Gasteiger partial charge is 0.190 e. The summed E-state index contributed by atoms with van der Waals surface area (Å²) in [5, 5.41) is -0.571. The van der Waals surface area contributed by atoms with E-state index in [2.05, 4.69) is 15.0 Å². The second-order valence-corrected chi connectivity index (χ2v) is 11.0. The molecule has 0 saturated heterocycles. The first-order valence-electron chi connectivity index (χ1n) is 10.0. The number of hydrogen-bond donors (Lipinski definition) is 0.